The molecule has 9 heteroatoms. The zero-order valence-electron chi connectivity index (χ0n) is 16.6. The lowest BCUT2D eigenvalue weighted by molar-refractivity contribution is 0.101. The number of hydrogen-bond donors (Lipinski definition) is 1. The molecule has 0 aliphatic carbocycles. The Morgan fingerprint density at radius 1 is 0.968 bits per heavy atom. The molecule has 2 heterocycles. The first kappa shape index (κ1) is 21.0. The Morgan fingerprint density at radius 3 is 2.42 bits per heavy atom. The Labute approximate surface area is 191 Å². The summed E-state index contributed by atoms with van der Waals surface area (Å²) in [6, 6.07) is 17.6. The highest BCUT2D eigenvalue weighted by atomic mass is 79.9. The average Bonchev–Trinajstić information content (AvgIpc) is 3.09. The molecule has 7 nitrogen and oxygen atoms in total. The molecule has 2 aromatic carbocycles. The topological polar surface area (TPSA) is 81.8 Å². The Bertz CT molecular complexity index is 1350. The van der Waals surface area contributed by atoms with E-state index in [-0.39, 0.29) is 5.69 Å². The third-order valence-electron chi connectivity index (χ3n) is 4.52. The summed E-state index contributed by atoms with van der Waals surface area (Å²) in [7, 11) is 0. The van der Waals surface area contributed by atoms with Crippen LogP contribution in [-0.4, -0.2) is 25.5 Å². The van der Waals surface area contributed by atoms with E-state index in [9.17, 15) is 9.59 Å². The second-order valence-corrected chi connectivity index (χ2v) is 8.26. The van der Waals surface area contributed by atoms with Gasteiger partial charge >= 0.3 is 0 Å². The molecule has 156 valence electrons. The van der Waals surface area contributed by atoms with Gasteiger partial charge in [0.1, 0.15) is 5.82 Å². The minimum atomic E-state index is -0.621. The van der Waals surface area contributed by atoms with Crippen molar-refractivity contribution in [2.75, 3.05) is 5.32 Å². The van der Waals surface area contributed by atoms with E-state index < -0.39 is 11.3 Å². The fourth-order valence-corrected chi connectivity index (χ4v) is 3.63. The van der Waals surface area contributed by atoms with Gasteiger partial charge in [-0.15, -0.1) is 0 Å². The molecule has 2 aromatic heterocycles. The van der Waals surface area contributed by atoms with Crippen LogP contribution in [0.4, 0.5) is 5.82 Å². The number of rotatable bonds is 4. The third-order valence-corrected chi connectivity index (χ3v) is 5.26. The van der Waals surface area contributed by atoms with Gasteiger partial charge in [-0.1, -0.05) is 33.6 Å². The summed E-state index contributed by atoms with van der Waals surface area (Å²) in [6.45, 7) is 3.57. The van der Waals surface area contributed by atoms with E-state index in [4.69, 9.17) is 11.6 Å². The summed E-state index contributed by atoms with van der Waals surface area (Å²) >= 11 is 9.40. The van der Waals surface area contributed by atoms with Gasteiger partial charge in [0, 0.05) is 27.3 Å². The summed E-state index contributed by atoms with van der Waals surface area (Å²) in [6.07, 6.45) is 0. The Hall–Kier alpha value is -3.23. The van der Waals surface area contributed by atoms with E-state index in [0.29, 0.717) is 27.9 Å². The number of amides is 1. The molecule has 0 aliphatic heterocycles. The first-order valence-corrected chi connectivity index (χ1v) is 10.5. The van der Waals surface area contributed by atoms with Gasteiger partial charge in [-0.2, -0.15) is 10.2 Å². The molecular formula is C22H17BrClN5O2. The molecule has 0 aliphatic rings. The fraction of sp³-hybridized carbons (Fsp3) is 0.0909. The Balaban J connectivity index is 1.71. The number of halogens is 2. The standard InChI is InChI=1S/C22H17BrClN5O2/c1-13-10-20(29(26-13)18-5-3-4-15(23)12-18)25-22(31)21-19(30)11-14(2)28(27-21)17-8-6-16(24)7-9-17/h3-12H,1-2H3,(H,25,31). The number of hydrogen-bond acceptors (Lipinski definition) is 4. The van der Waals surface area contributed by atoms with Gasteiger partial charge in [0.15, 0.2) is 5.69 Å². The normalized spacial score (nSPS) is 10.8. The third kappa shape index (κ3) is 4.45. The molecular weight excluding hydrogens is 482 g/mol. The second-order valence-electron chi connectivity index (χ2n) is 6.90. The van der Waals surface area contributed by atoms with Crippen molar-refractivity contribution >= 4 is 39.3 Å². The summed E-state index contributed by atoms with van der Waals surface area (Å²) in [5.41, 5.74) is 2.06. The second kappa shape index (κ2) is 8.49. The summed E-state index contributed by atoms with van der Waals surface area (Å²) < 4.78 is 4.01. The van der Waals surface area contributed by atoms with Gasteiger partial charge in [0.25, 0.3) is 5.91 Å². The SMILES string of the molecule is Cc1cc(NC(=O)c2nn(-c3ccc(Cl)cc3)c(C)cc2=O)n(-c2cccc(Br)c2)n1. The summed E-state index contributed by atoms with van der Waals surface area (Å²) in [5, 5.41) is 12.1. The quantitative estimate of drug-likeness (QED) is 0.442. The van der Waals surface area contributed by atoms with E-state index in [0.717, 1.165) is 10.2 Å². The van der Waals surface area contributed by atoms with Crippen molar-refractivity contribution in [1.82, 2.24) is 19.6 Å². The molecule has 1 N–H and O–H groups in total. The van der Waals surface area contributed by atoms with Crippen molar-refractivity contribution in [3.8, 4) is 11.4 Å². The molecule has 0 unspecified atom stereocenters. The average molecular weight is 499 g/mol. The van der Waals surface area contributed by atoms with Crippen molar-refractivity contribution in [1.29, 1.82) is 0 Å². The van der Waals surface area contributed by atoms with Crippen LogP contribution < -0.4 is 10.7 Å². The maximum atomic E-state index is 13.0. The number of aryl methyl sites for hydroxylation is 2. The van der Waals surface area contributed by atoms with Crippen molar-refractivity contribution < 1.29 is 4.79 Å². The van der Waals surface area contributed by atoms with Crippen LogP contribution in [0.3, 0.4) is 0 Å². The van der Waals surface area contributed by atoms with Crippen molar-refractivity contribution in [2.45, 2.75) is 13.8 Å². The molecule has 0 saturated heterocycles. The molecule has 0 fully saturated rings. The maximum Gasteiger partial charge on any atom is 0.281 e. The zero-order chi connectivity index (χ0) is 22.1. The molecule has 4 aromatic rings. The van der Waals surface area contributed by atoms with Gasteiger partial charge < -0.3 is 5.32 Å². The molecule has 0 atom stereocenters. The molecule has 0 saturated carbocycles. The van der Waals surface area contributed by atoms with E-state index in [1.807, 2.05) is 31.2 Å². The lowest BCUT2D eigenvalue weighted by atomic mass is 10.2. The number of nitrogens with one attached hydrogen (secondary N) is 1. The first-order valence-electron chi connectivity index (χ1n) is 9.33. The molecule has 0 radical (unpaired) electrons. The molecule has 1 amide bonds. The number of benzene rings is 2. The Morgan fingerprint density at radius 2 is 1.71 bits per heavy atom. The van der Waals surface area contributed by atoms with Gasteiger partial charge in [-0.05, 0) is 56.3 Å². The minimum Gasteiger partial charge on any atom is -0.305 e. The fourth-order valence-electron chi connectivity index (χ4n) is 3.12. The number of nitrogens with zero attached hydrogens (tertiary/aromatic N) is 4. The van der Waals surface area contributed by atoms with Crippen LogP contribution in [0.25, 0.3) is 11.4 Å². The van der Waals surface area contributed by atoms with E-state index in [1.165, 1.54) is 10.7 Å². The Kier molecular flexibility index (Phi) is 5.75. The van der Waals surface area contributed by atoms with Crippen LogP contribution in [0.15, 0.2) is 69.9 Å². The maximum absolute atomic E-state index is 13.0. The lowest BCUT2D eigenvalue weighted by Crippen LogP contribution is -2.27. The molecule has 0 spiro atoms. The van der Waals surface area contributed by atoms with Crippen LogP contribution in [0, 0.1) is 13.8 Å². The van der Waals surface area contributed by atoms with Crippen LogP contribution in [0.2, 0.25) is 5.02 Å². The van der Waals surface area contributed by atoms with Gasteiger partial charge in [-0.25, -0.2) is 9.36 Å². The minimum absolute atomic E-state index is 0.222. The summed E-state index contributed by atoms with van der Waals surface area (Å²) in [5.74, 6) is -0.190. The molecule has 0 bridgehead atoms. The van der Waals surface area contributed by atoms with Crippen LogP contribution in [0.1, 0.15) is 21.9 Å². The first-order chi connectivity index (χ1) is 14.8. The highest BCUT2D eigenvalue weighted by Gasteiger charge is 2.18. The van der Waals surface area contributed by atoms with Crippen LogP contribution in [-0.2, 0) is 0 Å². The van der Waals surface area contributed by atoms with E-state index in [2.05, 4.69) is 31.4 Å². The van der Waals surface area contributed by atoms with Gasteiger partial charge in [0.2, 0.25) is 5.43 Å². The van der Waals surface area contributed by atoms with Gasteiger partial charge in [0.05, 0.1) is 17.1 Å². The monoisotopic (exact) mass is 497 g/mol. The lowest BCUT2D eigenvalue weighted by Gasteiger charge is -2.12. The predicted octanol–water partition coefficient (Wildman–Crippen LogP) is 4.70. The van der Waals surface area contributed by atoms with Crippen molar-refractivity contribution in [3.63, 3.8) is 0 Å². The number of aromatic nitrogens is 4. The van der Waals surface area contributed by atoms with Crippen molar-refractivity contribution in [2.24, 2.45) is 0 Å². The van der Waals surface area contributed by atoms with E-state index >= 15 is 0 Å². The van der Waals surface area contributed by atoms with E-state index in [1.54, 1.807) is 41.9 Å². The number of carbonyl (C=O) groups excluding carboxylic acids is 1. The predicted molar refractivity (Wildman–Crippen MR) is 124 cm³/mol. The molecule has 4 rings (SSSR count). The highest BCUT2D eigenvalue weighted by Crippen LogP contribution is 2.21. The largest absolute Gasteiger partial charge is 0.305 e. The van der Waals surface area contributed by atoms with Crippen LogP contribution >= 0.6 is 27.5 Å². The molecule has 31 heavy (non-hydrogen) atoms. The number of carbonyl (C=O) groups is 1. The zero-order valence-corrected chi connectivity index (χ0v) is 19.0. The smallest absolute Gasteiger partial charge is 0.281 e. The highest BCUT2D eigenvalue weighted by molar-refractivity contribution is 9.10. The van der Waals surface area contributed by atoms with Gasteiger partial charge in [-0.3, -0.25) is 9.59 Å². The summed E-state index contributed by atoms with van der Waals surface area (Å²) in [4.78, 5) is 25.5. The number of anilines is 1. The van der Waals surface area contributed by atoms with Crippen molar-refractivity contribution in [3.05, 3.63) is 97.5 Å². The van der Waals surface area contributed by atoms with Crippen LogP contribution in [0.5, 0.6) is 0 Å².